The first-order chi connectivity index (χ1) is 27.6. The molecule has 8 nitrogen and oxygen atoms in total. The largest absolute Gasteiger partial charge is 0.453 e. The van der Waals surface area contributed by atoms with Gasteiger partial charge in [-0.05, 0) is 46.5 Å². The first-order valence-electron chi connectivity index (χ1n) is 18.7. The van der Waals surface area contributed by atoms with E-state index in [0.717, 1.165) is 22.3 Å². The van der Waals surface area contributed by atoms with Crippen molar-refractivity contribution >= 4 is 11.9 Å². The second-order valence-corrected chi connectivity index (χ2v) is 13.1. The third kappa shape index (κ3) is 12.6. The molecule has 0 N–H and O–H groups in total. The lowest BCUT2D eigenvalue weighted by atomic mass is 10.0. The molecule has 0 saturated carbocycles. The van der Waals surface area contributed by atoms with Crippen LogP contribution >= 0.6 is 0 Å². The van der Waals surface area contributed by atoms with Gasteiger partial charge in [0, 0.05) is 0 Å². The number of benzene rings is 6. The number of rotatable bonds is 21. The zero-order chi connectivity index (χ0) is 38.6. The van der Waals surface area contributed by atoms with Crippen LogP contribution in [0.1, 0.15) is 43.0 Å². The molecule has 6 aromatic carbocycles. The van der Waals surface area contributed by atoms with Gasteiger partial charge in [0.15, 0.2) is 12.2 Å². The van der Waals surface area contributed by atoms with Crippen LogP contribution in [0.2, 0.25) is 0 Å². The fourth-order valence-corrected chi connectivity index (χ4v) is 6.05. The first kappa shape index (κ1) is 39.8. The third-order valence-corrected chi connectivity index (χ3v) is 8.95. The summed E-state index contributed by atoms with van der Waals surface area (Å²) in [6.45, 7) is 0.685. The Labute approximate surface area is 328 Å². The molecule has 0 heterocycles. The van der Waals surface area contributed by atoms with Crippen molar-refractivity contribution in [2.45, 2.75) is 50.8 Å². The number of esters is 2. The zero-order valence-electron chi connectivity index (χ0n) is 31.1. The maximum absolute atomic E-state index is 13.8. The van der Waals surface area contributed by atoms with Gasteiger partial charge in [-0.3, -0.25) is 0 Å². The van der Waals surface area contributed by atoms with Gasteiger partial charge in [-0.25, -0.2) is 9.59 Å². The molecule has 0 saturated heterocycles. The first-order valence-corrected chi connectivity index (χ1v) is 18.7. The Morgan fingerprint density at radius 3 is 0.929 bits per heavy atom. The summed E-state index contributed by atoms with van der Waals surface area (Å²) in [5, 5.41) is 0. The zero-order valence-corrected chi connectivity index (χ0v) is 31.1. The van der Waals surface area contributed by atoms with Crippen LogP contribution in [0.15, 0.2) is 182 Å². The second kappa shape index (κ2) is 21.9. The second-order valence-electron chi connectivity index (χ2n) is 13.1. The molecule has 8 heteroatoms. The lowest BCUT2D eigenvalue weighted by Crippen LogP contribution is -2.53. The number of carbonyl (C=O) groups excluding carboxylic acids is 2. The van der Waals surface area contributed by atoms with Crippen LogP contribution in [-0.2, 0) is 54.8 Å². The average molecular weight is 751 g/mol. The van der Waals surface area contributed by atoms with Crippen molar-refractivity contribution in [2.75, 3.05) is 13.2 Å². The SMILES string of the molecule is O=C(OC(COCc1ccccc1)C(OCc1ccccc1)C(OCc1ccccc1)C(COCc1ccccc1)OC(=O)c1ccccc1)c1ccccc1. The van der Waals surface area contributed by atoms with Gasteiger partial charge in [0.1, 0.15) is 12.2 Å². The van der Waals surface area contributed by atoms with Crippen molar-refractivity contribution in [1.29, 1.82) is 0 Å². The van der Waals surface area contributed by atoms with Crippen LogP contribution in [-0.4, -0.2) is 49.6 Å². The molecule has 0 amide bonds. The van der Waals surface area contributed by atoms with Gasteiger partial charge >= 0.3 is 11.9 Å². The molecule has 286 valence electrons. The molecule has 0 aliphatic heterocycles. The van der Waals surface area contributed by atoms with Gasteiger partial charge < -0.3 is 28.4 Å². The van der Waals surface area contributed by atoms with Gasteiger partial charge in [0.2, 0.25) is 0 Å². The number of carbonyl (C=O) groups is 2. The quantitative estimate of drug-likeness (QED) is 0.0674. The summed E-state index contributed by atoms with van der Waals surface area (Å²) in [4.78, 5) is 27.7. The highest BCUT2D eigenvalue weighted by atomic mass is 16.6. The van der Waals surface area contributed by atoms with Gasteiger partial charge in [-0.1, -0.05) is 158 Å². The minimum atomic E-state index is -1.03. The van der Waals surface area contributed by atoms with Crippen molar-refractivity contribution in [3.8, 4) is 0 Å². The Morgan fingerprint density at radius 1 is 0.357 bits per heavy atom. The molecule has 0 spiro atoms. The van der Waals surface area contributed by atoms with Crippen molar-refractivity contribution in [3.05, 3.63) is 215 Å². The third-order valence-electron chi connectivity index (χ3n) is 8.95. The molecule has 6 rings (SSSR count). The van der Waals surface area contributed by atoms with Crippen LogP contribution in [0.25, 0.3) is 0 Å². The van der Waals surface area contributed by atoms with Crippen molar-refractivity contribution in [3.63, 3.8) is 0 Å². The van der Waals surface area contributed by atoms with E-state index in [9.17, 15) is 9.59 Å². The summed E-state index contributed by atoms with van der Waals surface area (Å²) in [6, 6.07) is 56.3. The summed E-state index contributed by atoms with van der Waals surface area (Å²) in [5.74, 6) is -1.13. The molecular formula is C48H46O8. The van der Waals surface area contributed by atoms with E-state index in [-0.39, 0.29) is 39.6 Å². The molecule has 0 bridgehead atoms. The molecule has 0 fully saturated rings. The molecule has 0 aromatic heterocycles. The smallest absolute Gasteiger partial charge is 0.338 e. The molecule has 56 heavy (non-hydrogen) atoms. The molecule has 0 radical (unpaired) electrons. The Hall–Kier alpha value is -5.90. The summed E-state index contributed by atoms with van der Waals surface area (Å²) < 4.78 is 38.8. The molecule has 6 aromatic rings. The van der Waals surface area contributed by atoms with Gasteiger partial charge in [-0.15, -0.1) is 0 Å². The topological polar surface area (TPSA) is 89.5 Å². The van der Waals surface area contributed by atoms with E-state index < -0.39 is 36.4 Å². The van der Waals surface area contributed by atoms with E-state index in [0.29, 0.717) is 11.1 Å². The van der Waals surface area contributed by atoms with E-state index in [2.05, 4.69) is 0 Å². The molecule has 0 aliphatic rings. The van der Waals surface area contributed by atoms with Crippen molar-refractivity contribution in [1.82, 2.24) is 0 Å². The molecule has 4 unspecified atom stereocenters. The van der Waals surface area contributed by atoms with E-state index in [1.165, 1.54) is 0 Å². The van der Waals surface area contributed by atoms with E-state index in [1.54, 1.807) is 48.5 Å². The van der Waals surface area contributed by atoms with Crippen LogP contribution < -0.4 is 0 Å². The van der Waals surface area contributed by atoms with Gasteiger partial charge in [0.25, 0.3) is 0 Å². The van der Waals surface area contributed by atoms with Crippen LogP contribution in [0.4, 0.5) is 0 Å². The summed E-state index contributed by atoms with van der Waals surface area (Å²) in [5.41, 5.74) is 4.39. The van der Waals surface area contributed by atoms with Gasteiger partial charge in [-0.2, -0.15) is 0 Å². The van der Waals surface area contributed by atoms with E-state index in [4.69, 9.17) is 28.4 Å². The minimum Gasteiger partial charge on any atom is -0.453 e. The van der Waals surface area contributed by atoms with Crippen LogP contribution in [0, 0.1) is 0 Å². The maximum atomic E-state index is 13.8. The Kier molecular flexibility index (Phi) is 15.5. The van der Waals surface area contributed by atoms with E-state index in [1.807, 2.05) is 133 Å². The van der Waals surface area contributed by atoms with Crippen LogP contribution in [0.3, 0.4) is 0 Å². The van der Waals surface area contributed by atoms with Crippen molar-refractivity contribution in [2.24, 2.45) is 0 Å². The molecular weight excluding hydrogens is 705 g/mol. The number of hydrogen-bond acceptors (Lipinski definition) is 8. The predicted octanol–water partition coefficient (Wildman–Crippen LogP) is 9.04. The van der Waals surface area contributed by atoms with Gasteiger partial charge in [0.05, 0.1) is 50.8 Å². The summed E-state index contributed by atoms with van der Waals surface area (Å²) in [6.07, 6.45) is -4.08. The highest BCUT2D eigenvalue weighted by molar-refractivity contribution is 5.90. The summed E-state index contributed by atoms with van der Waals surface area (Å²) in [7, 11) is 0. The minimum absolute atomic E-state index is 0.0532. The predicted molar refractivity (Wildman–Crippen MR) is 214 cm³/mol. The standard InChI is InChI=1S/C48H46O8/c49-47(41-27-15-5-16-28-41)55-43(35-51-31-37-19-7-1-8-20-37)45(53-33-39-23-11-3-12-24-39)46(54-34-40-25-13-4-14-26-40)44(36-52-32-38-21-9-2-10-22-38)56-48(50)42-29-17-6-18-30-42/h1-30,43-46H,31-36H2. The Balaban J connectivity index is 1.39. The lowest BCUT2D eigenvalue weighted by Gasteiger charge is -2.37. The monoisotopic (exact) mass is 750 g/mol. The normalized spacial score (nSPS) is 13.2. The van der Waals surface area contributed by atoms with E-state index >= 15 is 0 Å². The summed E-state index contributed by atoms with van der Waals surface area (Å²) >= 11 is 0. The fraction of sp³-hybridized carbons (Fsp3) is 0.208. The maximum Gasteiger partial charge on any atom is 0.338 e. The number of hydrogen-bond donors (Lipinski definition) is 0. The van der Waals surface area contributed by atoms with Crippen molar-refractivity contribution < 1.29 is 38.0 Å². The number of ether oxygens (including phenoxy) is 6. The lowest BCUT2D eigenvalue weighted by molar-refractivity contribution is -0.186. The fourth-order valence-electron chi connectivity index (χ4n) is 6.05. The molecule has 0 aliphatic carbocycles. The Bertz CT molecular complexity index is 1850. The molecule has 4 atom stereocenters. The van der Waals surface area contributed by atoms with Crippen LogP contribution in [0.5, 0.6) is 0 Å². The highest BCUT2D eigenvalue weighted by Crippen LogP contribution is 2.25. The average Bonchev–Trinajstić information content (AvgIpc) is 3.26. The Morgan fingerprint density at radius 2 is 0.625 bits per heavy atom. The highest BCUT2D eigenvalue weighted by Gasteiger charge is 2.42.